The minimum absolute atomic E-state index is 0.271. The van der Waals surface area contributed by atoms with E-state index in [1.165, 1.54) is 19.3 Å². The molecule has 0 unspecified atom stereocenters. The third kappa shape index (κ3) is 4.11. The lowest BCUT2D eigenvalue weighted by Gasteiger charge is -2.15. The lowest BCUT2D eigenvalue weighted by molar-refractivity contribution is -0.112. The van der Waals surface area contributed by atoms with Gasteiger partial charge in [-0.15, -0.1) is 0 Å². The van der Waals surface area contributed by atoms with Gasteiger partial charge in [-0.25, -0.2) is 0 Å². The number of allylic oxidation sites excluding steroid dienone is 1. The van der Waals surface area contributed by atoms with Gasteiger partial charge in [0, 0.05) is 0 Å². The zero-order valence-electron chi connectivity index (χ0n) is 13.0. The van der Waals surface area contributed by atoms with E-state index in [1.54, 1.807) is 19.2 Å². The van der Waals surface area contributed by atoms with E-state index in [0.717, 1.165) is 31.3 Å². The molecule has 1 aliphatic rings. The van der Waals surface area contributed by atoms with Gasteiger partial charge in [0.05, 0.1) is 12.8 Å². The van der Waals surface area contributed by atoms with Crippen LogP contribution in [0.4, 0.5) is 5.69 Å². The Balaban J connectivity index is 2.19. The second-order valence-corrected chi connectivity index (χ2v) is 5.51. The number of ether oxygens (including phenoxy) is 1. The summed E-state index contributed by atoms with van der Waals surface area (Å²) < 4.78 is 5.23. The molecule has 1 saturated carbocycles. The molecule has 0 atom stereocenters. The number of methoxy groups -OCH3 is 1. The minimum Gasteiger partial charge on any atom is -0.495 e. The Morgan fingerprint density at radius 1 is 1.14 bits per heavy atom. The molecule has 0 aliphatic heterocycles. The summed E-state index contributed by atoms with van der Waals surface area (Å²) in [6.45, 7) is 0. The Kier molecular flexibility index (Phi) is 6.02. The first-order valence-corrected chi connectivity index (χ1v) is 7.82. The average Bonchev–Trinajstić information content (AvgIpc) is 2.50. The van der Waals surface area contributed by atoms with Gasteiger partial charge in [-0.2, -0.15) is 5.26 Å². The Labute approximate surface area is 131 Å². The largest absolute Gasteiger partial charge is 0.495 e. The number of carbonyl (C=O) groups excluding carboxylic acids is 1. The van der Waals surface area contributed by atoms with Crippen LogP contribution in [-0.2, 0) is 4.79 Å². The highest BCUT2D eigenvalue weighted by molar-refractivity contribution is 6.07. The standard InChI is InChI=1S/C18H22N2O2/c1-22-17-12-8-7-11-16(17)20-18(21)15(13-19)14-9-5-3-2-4-6-10-14/h7-8,11-12H,2-6,9-10H2,1H3,(H,20,21). The summed E-state index contributed by atoms with van der Waals surface area (Å²) in [6.07, 6.45) is 7.42. The first kappa shape index (κ1) is 16.1. The summed E-state index contributed by atoms with van der Waals surface area (Å²) in [5, 5.41) is 12.2. The van der Waals surface area contributed by atoms with Gasteiger partial charge in [0.15, 0.2) is 0 Å². The highest BCUT2D eigenvalue weighted by atomic mass is 16.5. The molecule has 4 nitrogen and oxygen atoms in total. The predicted octanol–water partition coefficient (Wildman–Crippen LogP) is 4.20. The van der Waals surface area contributed by atoms with E-state index in [-0.39, 0.29) is 11.5 Å². The van der Waals surface area contributed by atoms with E-state index in [1.807, 2.05) is 12.1 Å². The van der Waals surface area contributed by atoms with Crippen molar-refractivity contribution in [2.45, 2.75) is 44.9 Å². The smallest absolute Gasteiger partial charge is 0.266 e. The number of carbonyl (C=O) groups is 1. The van der Waals surface area contributed by atoms with Crippen molar-refractivity contribution in [2.24, 2.45) is 0 Å². The second kappa shape index (κ2) is 8.23. The van der Waals surface area contributed by atoms with Gasteiger partial charge >= 0.3 is 0 Å². The molecular weight excluding hydrogens is 276 g/mol. The SMILES string of the molecule is COc1ccccc1NC(=O)C(C#N)=C1CCCCCCC1. The summed E-state index contributed by atoms with van der Waals surface area (Å²) in [5.74, 6) is 0.262. The summed E-state index contributed by atoms with van der Waals surface area (Å²) in [4.78, 5) is 12.5. The molecule has 0 heterocycles. The predicted molar refractivity (Wildman–Crippen MR) is 86.6 cm³/mol. The van der Waals surface area contributed by atoms with Crippen molar-refractivity contribution in [3.05, 3.63) is 35.4 Å². The number of nitrogens with one attached hydrogen (secondary N) is 1. The molecule has 1 amide bonds. The molecule has 2 rings (SSSR count). The molecule has 1 aromatic carbocycles. The fourth-order valence-electron chi connectivity index (χ4n) is 2.81. The molecule has 1 aliphatic carbocycles. The van der Waals surface area contributed by atoms with Crippen LogP contribution in [0.3, 0.4) is 0 Å². The number of para-hydroxylation sites is 2. The Bertz CT molecular complexity index is 589. The second-order valence-electron chi connectivity index (χ2n) is 5.51. The highest BCUT2D eigenvalue weighted by Crippen LogP contribution is 2.27. The van der Waals surface area contributed by atoms with E-state index >= 15 is 0 Å². The van der Waals surface area contributed by atoms with Crippen molar-refractivity contribution < 1.29 is 9.53 Å². The summed E-state index contributed by atoms with van der Waals surface area (Å²) >= 11 is 0. The van der Waals surface area contributed by atoms with Crippen LogP contribution in [0.1, 0.15) is 44.9 Å². The molecule has 0 radical (unpaired) electrons. The van der Waals surface area contributed by atoms with Crippen LogP contribution >= 0.6 is 0 Å². The van der Waals surface area contributed by atoms with Gasteiger partial charge in [0.1, 0.15) is 17.4 Å². The topological polar surface area (TPSA) is 62.1 Å². The van der Waals surface area contributed by atoms with Crippen molar-refractivity contribution >= 4 is 11.6 Å². The molecule has 0 bridgehead atoms. The number of benzene rings is 1. The van der Waals surface area contributed by atoms with Gasteiger partial charge < -0.3 is 10.1 Å². The van der Waals surface area contributed by atoms with Crippen molar-refractivity contribution in [2.75, 3.05) is 12.4 Å². The Morgan fingerprint density at radius 3 is 2.41 bits per heavy atom. The fourth-order valence-corrected chi connectivity index (χ4v) is 2.81. The van der Waals surface area contributed by atoms with E-state index in [4.69, 9.17) is 4.74 Å². The van der Waals surface area contributed by atoms with Crippen LogP contribution < -0.4 is 10.1 Å². The van der Waals surface area contributed by atoms with Crippen LogP contribution in [0, 0.1) is 11.3 Å². The van der Waals surface area contributed by atoms with Gasteiger partial charge in [-0.05, 0) is 43.4 Å². The summed E-state index contributed by atoms with van der Waals surface area (Å²) in [6, 6.07) is 9.33. The van der Waals surface area contributed by atoms with Crippen LogP contribution in [-0.4, -0.2) is 13.0 Å². The van der Waals surface area contributed by atoms with Crippen molar-refractivity contribution in [1.82, 2.24) is 0 Å². The number of hydrogen-bond acceptors (Lipinski definition) is 3. The van der Waals surface area contributed by atoms with Crippen molar-refractivity contribution in [3.8, 4) is 11.8 Å². The first-order valence-electron chi connectivity index (χ1n) is 7.82. The highest BCUT2D eigenvalue weighted by Gasteiger charge is 2.17. The summed E-state index contributed by atoms with van der Waals surface area (Å²) in [7, 11) is 1.56. The molecule has 4 heteroatoms. The van der Waals surface area contributed by atoms with Crippen LogP contribution in [0.5, 0.6) is 5.75 Å². The van der Waals surface area contributed by atoms with Crippen LogP contribution in [0.15, 0.2) is 35.4 Å². The third-order valence-corrected chi connectivity index (χ3v) is 4.00. The van der Waals surface area contributed by atoms with E-state index in [0.29, 0.717) is 11.4 Å². The fraction of sp³-hybridized carbons (Fsp3) is 0.444. The number of anilines is 1. The first-order chi connectivity index (χ1) is 10.8. The number of hydrogen-bond donors (Lipinski definition) is 1. The number of nitrogens with zero attached hydrogens (tertiary/aromatic N) is 1. The molecule has 1 fully saturated rings. The number of rotatable bonds is 3. The molecule has 0 saturated heterocycles. The van der Waals surface area contributed by atoms with Gasteiger partial charge in [0.2, 0.25) is 0 Å². The molecule has 1 aromatic rings. The quantitative estimate of drug-likeness (QED) is 0.672. The van der Waals surface area contributed by atoms with Crippen molar-refractivity contribution in [3.63, 3.8) is 0 Å². The van der Waals surface area contributed by atoms with E-state index < -0.39 is 0 Å². The van der Waals surface area contributed by atoms with Gasteiger partial charge in [0.25, 0.3) is 5.91 Å². The molecule has 0 aromatic heterocycles. The molecule has 22 heavy (non-hydrogen) atoms. The normalized spacial score (nSPS) is 15.2. The zero-order valence-corrected chi connectivity index (χ0v) is 13.0. The molecule has 0 spiro atoms. The molecule has 116 valence electrons. The maximum atomic E-state index is 12.5. The summed E-state index contributed by atoms with van der Waals surface area (Å²) in [5.41, 5.74) is 1.86. The maximum absolute atomic E-state index is 12.5. The molecule has 1 N–H and O–H groups in total. The Morgan fingerprint density at radius 2 is 1.77 bits per heavy atom. The van der Waals surface area contributed by atoms with Gasteiger partial charge in [-0.1, -0.05) is 31.4 Å². The van der Waals surface area contributed by atoms with E-state index in [9.17, 15) is 10.1 Å². The number of amides is 1. The lowest BCUT2D eigenvalue weighted by Crippen LogP contribution is -2.16. The average molecular weight is 298 g/mol. The zero-order chi connectivity index (χ0) is 15.8. The third-order valence-electron chi connectivity index (χ3n) is 4.00. The Hall–Kier alpha value is -2.28. The molecular formula is C18H22N2O2. The van der Waals surface area contributed by atoms with E-state index in [2.05, 4.69) is 11.4 Å². The van der Waals surface area contributed by atoms with Crippen molar-refractivity contribution in [1.29, 1.82) is 5.26 Å². The van der Waals surface area contributed by atoms with Crippen LogP contribution in [0.2, 0.25) is 0 Å². The van der Waals surface area contributed by atoms with Gasteiger partial charge in [-0.3, -0.25) is 4.79 Å². The lowest BCUT2D eigenvalue weighted by atomic mass is 9.92. The maximum Gasteiger partial charge on any atom is 0.266 e. The monoisotopic (exact) mass is 298 g/mol. The minimum atomic E-state index is -0.331. The number of nitriles is 1. The van der Waals surface area contributed by atoms with Crippen LogP contribution in [0.25, 0.3) is 0 Å².